The van der Waals surface area contributed by atoms with Crippen LogP contribution in [0.2, 0.25) is 13.3 Å². The van der Waals surface area contributed by atoms with Crippen LogP contribution in [0.25, 0.3) is 0 Å². The number of fused-ring (bicyclic) bond motifs is 1. The van der Waals surface area contributed by atoms with Crippen molar-refractivity contribution in [2.75, 3.05) is 6.54 Å². The maximum absolute atomic E-state index is 12.8. The van der Waals surface area contributed by atoms with Crippen molar-refractivity contribution in [1.82, 2.24) is 4.90 Å². The van der Waals surface area contributed by atoms with Gasteiger partial charge in [0.1, 0.15) is 0 Å². The van der Waals surface area contributed by atoms with Crippen LogP contribution in [-0.2, 0) is 6.42 Å². The molecule has 1 unspecified atom stereocenters. The van der Waals surface area contributed by atoms with E-state index >= 15 is 0 Å². The van der Waals surface area contributed by atoms with E-state index in [4.69, 9.17) is 0 Å². The van der Waals surface area contributed by atoms with Gasteiger partial charge in [-0.05, 0) is 0 Å². The number of benzene rings is 2. The molecule has 0 bridgehead atoms. The fourth-order valence-electron chi connectivity index (χ4n) is 6.28. The predicted octanol–water partition coefficient (Wildman–Crippen LogP) is 8.76. The molecule has 5 heteroatoms. The Labute approximate surface area is 247 Å². The molecule has 1 atom stereocenters. The van der Waals surface area contributed by atoms with Crippen molar-refractivity contribution >= 4 is 30.2 Å². The first-order chi connectivity index (χ1) is 19.5. The molecule has 1 N–H and O–H groups in total. The number of allylic oxidation sites excluding steroid dienone is 1. The molecule has 0 saturated carbocycles. The van der Waals surface area contributed by atoms with E-state index in [9.17, 15) is 14.7 Å². The number of rotatable bonds is 19. The van der Waals surface area contributed by atoms with Crippen molar-refractivity contribution in [3.8, 4) is 0 Å². The van der Waals surface area contributed by atoms with Crippen LogP contribution in [0.5, 0.6) is 0 Å². The quantitative estimate of drug-likeness (QED) is 0.0938. The second-order valence-electron chi connectivity index (χ2n) is 11.6. The number of carbonyl (C=O) groups excluding carboxylic acids is 2. The van der Waals surface area contributed by atoms with Gasteiger partial charge in [-0.25, -0.2) is 0 Å². The van der Waals surface area contributed by atoms with Crippen LogP contribution < -0.4 is 0 Å². The van der Waals surface area contributed by atoms with E-state index in [1.165, 1.54) is 65.9 Å². The number of carbonyl (C=O) groups is 2. The summed E-state index contributed by atoms with van der Waals surface area (Å²) < 4.78 is 5.48. The molecule has 218 valence electrons. The Morgan fingerprint density at radius 1 is 0.775 bits per heavy atom. The minimum atomic E-state index is -2.82. The molecule has 1 aliphatic rings. The Balaban J connectivity index is 1.75. The Hall–Kier alpha value is -1.92. The van der Waals surface area contributed by atoms with E-state index in [2.05, 4.69) is 57.2 Å². The molecule has 0 aromatic heterocycles. The molecular formula is C35H51NO3Sn. The number of imide groups is 1. The van der Waals surface area contributed by atoms with Crippen LogP contribution in [0.4, 0.5) is 0 Å². The summed E-state index contributed by atoms with van der Waals surface area (Å²) in [6.07, 6.45) is 13.8. The second-order valence-corrected chi connectivity index (χ2v) is 24.8. The van der Waals surface area contributed by atoms with Gasteiger partial charge >= 0.3 is 248 Å². The molecule has 0 fully saturated rings. The van der Waals surface area contributed by atoms with Crippen LogP contribution in [-0.4, -0.2) is 52.8 Å². The van der Waals surface area contributed by atoms with Crippen molar-refractivity contribution in [3.05, 3.63) is 81.0 Å². The summed E-state index contributed by atoms with van der Waals surface area (Å²) in [6.45, 7) is 7.35. The van der Waals surface area contributed by atoms with Gasteiger partial charge in [0.15, 0.2) is 0 Å². The summed E-state index contributed by atoms with van der Waals surface area (Å²) in [5, 5.41) is 11.8. The normalized spacial score (nSPS) is 14.6. The number of nitrogens with zero attached hydrogens (tertiary/aromatic N) is 1. The van der Waals surface area contributed by atoms with Crippen molar-refractivity contribution < 1.29 is 14.7 Å². The average molecular weight is 653 g/mol. The molecule has 2 amide bonds. The summed E-state index contributed by atoms with van der Waals surface area (Å²) in [4.78, 5) is 26.9. The topological polar surface area (TPSA) is 57.6 Å². The third-order valence-corrected chi connectivity index (χ3v) is 24.9. The van der Waals surface area contributed by atoms with E-state index in [-0.39, 0.29) is 17.9 Å². The van der Waals surface area contributed by atoms with Gasteiger partial charge in [-0.1, -0.05) is 0 Å². The van der Waals surface area contributed by atoms with E-state index < -0.39 is 18.4 Å². The zero-order chi connectivity index (χ0) is 28.8. The van der Waals surface area contributed by atoms with Gasteiger partial charge in [0.2, 0.25) is 0 Å². The zero-order valence-corrected chi connectivity index (χ0v) is 28.0. The van der Waals surface area contributed by atoms with Crippen LogP contribution in [0, 0.1) is 0 Å². The summed E-state index contributed by atoms with van der Waals surface area (Å²) in [7, 11) is 0. The number of aliphatic hydroxyl groups is 1. The molecule has 40 heavy (non-hydrogen) atoms. The Kier molecular flexibility index (Phi) is 14.0. The van der Waals surface area contributed by atoms with Crippen molar-refractivity contribution in [2.45, 2.75) is 111 Å². The fourth-order valence-corrected chi connectivity index (χ4v) is 23.8. The average Bonchev–Trinajstić information content (AvgIpc) is 3.23. The second kappa shape index (κ2) is 17.1. The van der Waals surface area contributed by atoms with E-state index in [0.717, 1.165) is 32.1 Å². The Morgan fingerprint density at radius 3 is 1.82 bits per heavy atom. The molecule has 0 spiro atoms. The number of amides is 2. The Morgan fingerprint density at radius 2 is 1.30 bits per heavy atom. The first-order valence-corrected chi connectivity index (χ1v) is 23.3. The molecule has 1 aliphatic heterocycles. The molecule has 2 aromatic rings. The van der Waals surface area contributed by atoms with Crippen molar-refractivity contribution in [1.29, 1.82) is 0 Å². The van der Waals surface area contributed by atoms with E-state index in [1.54, 1.807) is 12.1 Å². The number of aryl methyl sites for hydroxylation is 1. The Bertz CT molecular complexity index is 1040. The molecule has 2 aromatic carbocycles. The van der Waals surface area contributed by atoms with Gasteiger partial charge in [0.05, 0.1) is 0 Å². The van der Waals surface area contributed by atoms with Crippen molar-refractivity contribution in [2.24, 2.45) is 0 Å². The summed E-state index contributed by atoms with van der Waals surface area (Å²) >= 11 is -2.82. The van der Waals surface area contributed by atoms with Gasteiger partial charge < -0.3 is 0 Å². The first-order valence-electron chi connectivity index (χ1n) is 15.8. The van der Waals surface area contributed by atoms with Gasteiger partial charge in [0.25, 0.3) is 0 Å². The standard InChI is InChI=1S/C23H24NO3.3C4H9.Sn/c25-19(16-15-18-10-4-3-5-11-18)12-6-1-2-9-17-24-22(26)20-13-7-8-14-21(20)23(24)27;3*1-3-4-2;/h3-8,10-11,13-14,19,25H,1-2,9,15-17H2;3*1,3-4H2,2H3;. The van der Waals surface area contributed by atoms with Gasteiger partial charge in [-0.15, -0.1) is 0 Å². The monoisotopic (exact) mass is 653 g/mol. The minimum absolute atomic E-state index is 0.165. The molecule has 1 heterocycles. The molecule has 3 rings (SSSR count). The van der Waals surface area contributed by atoms with Gasteiger partial charge in [0, 0.05) is 0 Å². The third kappa shape index (κ3) is 8.79. The number of aliphatic hydroxyl groups excluding tert-OH is 1. The van der Waals surface area contributed by atoms with Crippen LogP contribution >= 0.6 is 0 Å². The number of hydrogen-bond acceptors (Lipinski definition) is 3. The van der Waals surface area contributed by atoms with Gasteiger partial charge in [-0.2, -0.15) is 0 Å². The zero-order valence-electron chi connectivity index (χ0n) is 25.2. The maximum atomic E-state index is 12.8. The third-order valence-electron chi connectivity index (χ3n) is 8.63. The SMILES string of the molecule is CCC[CH2][Sn]([CH2]CCC)([CH2]CCC)/[C](=C\CCCCN1C(=O)c2ccccc2C1=O)C(O)CCc1ccccc1. The number of hydrogen-bond donors (Lipinski definition) is 1. The summed E-state index contributed by atoms with van der Waals surface area (Å²) in [6, 6.07) is 17.7. The molecular weight excluding hydrogens is 601 g/mol. The number of unbranched alkanes of at least 4 members (excludes halogenated alkanes) is 5. The van der Waals surface area contributed by atoms with E-state index in [1.807, 2.05) is 12.1 Å². The summed E-state index contributed by atoms with van der Waals surface area (Å²) in [5.41, 5.74) is 2.34. The van der Waals surface area contributed by atoms with E-state index in [0.29, 0.717) is 17.7 Å². The molecule has 4 nitrogen and oxygen atoms in total. The van der Waals surface area contributed by atoms with Crippen LogP contribution in [0.1, 0.15) is 111 Å². The van der Waals surface area contributed by atoms with Crippen molar-refractivity contribution in [3.63, 3.8) is 0 Å². The first kappa shape index (κ1) is 32.6. The van der Waals surface area contributed by atoms with Gasteiger partial charge in [-0.3, -0.25) is 0 Å². The molecule has 0 saturated heterocycles. The molecule has 0 aliphatic carbocycles. The molecule has 0 radical (unpaired) electrons. The van der Waals surface area contributed by atoms with Crippen LogP contribution in [0.3, 0.4) is 0 Å². The predicted molar refractivity (Wildman–Crippen MR) is 169 cm³/mol. The fraction of sp³-hybridized carbons (Fsp3) is 0.543. The summed E-state index contributed by atoms with van der Waals surface area (Å²) in [5.74, 6) is -0.329. The van der Waals surface area contributed by atoms with Crippen LogP contribution in [0.15, 0.2) is 64.3 Å².